The van der Waals surface area contributed by atoms with Crippen LogP contribution in [0.4, 0.5) is 9.59 Å². The lowest BCUT2D eigenvalue weighted by Crippen LogP contribution is -2.33. The zero-order valence-electron chi connectivity index (χ0n) is 63.0. The number of halogens is 3. The summed E-state index contributed by atoms with van der Waals surface area (Å²) in [5.74, 6) is 4.69. The number of ether oxygens (including phenoxy) is 4. The number of nitrogens with two attached hydrogens (primary N) is 1. The van der Waals surface area contributed by atoms with Crippen LogP contribution >= 0.6 is 39.1 Å². The highest BCUT2D eigenvalue weighted by atomic mass is 79.9. The molecule has 0 aliphatic carbocycles. The van der Waals surface area contributed by atoms with Crippen molar-refractivity contribution in [3.05, 3.63) is 231 Å². The van der Waals surface area contributed by atoms with Gasteiger partial charge in [-0.1, -0.05) is 92.4 Å². The molecule has 4 aliphatic rings. The third kappa shape index (κ3) is 27.1. The molecule has 0 fully saturated rings. The van der Waals surface area contributed by atoms with Gasteiger partial charge in [-0.05, 0) is 184 Å². The first kappa shape index (κ1) is 86.5. The van der Waals surface area contributed by atoms with Gasteiger partial charge in [0.25, 0.3) is 5.91 Å². The molecular weight excluding hydrogens is 1490 g/mol. The first-order chi connectivity index (χ1) is 51.6. The van der Waals surface area contributed by atoms with E-state index in [1.165, 1.54) is 80.6 Å². The Hall–Kier alpha value is -9.76. The van der Waals surface area contributed by atoms with E-state index in [9.17, 15) is 19.2 Å². The maximum absolute atomic E-state index is 12.4. The van der Waals surface area contributed by atoms with E-state index in [2.05, 4.69) is 115 Å². The number of rotatable bonds is 15. The molecule has 8 N–H and O–H groups in total. The van der Waals surface area contributed by atoms with E-state index in [1.807, 2.05) is 95.4 Å². The molecule has 10 aromatic rings. The van der Waals surface area contributed by atoms with Gasteiger partial charge >= 0.3 is 25.3 Å². The van der Waals surface area contributed by atoms with E-state index < -0.39 is 36.5 Å². The number of alkyl carbamates (subject to hydrolysis) is 2. The lowest BCUT2D eigenvalue weighted by atomic mass is 9.80. The van der Waals surface area contributed by atoms with E-state index in [1.54, 1.807) is 51.1 Å². The second kappa shape index (κ2) is 41.7. The molecule has 0 saturated carbocycles. The van der Waals surface area contributed by atoms with Crippen molar-refractivity contribution >= 4 is 75.8 Å². The summed E-state index contributed by atoms with van der Waals surface area (Å²) in [4.78, 5) is 64.5. The molecule has 0 radical (unpaired) electrons. The number of methoxy groups -OCH3 is 2. The molecule has 0 unspecified atom stereocenters. The molecule has 4 aliphatic heterocycles. The van der Waals surface area contributed by atoms with Gasteiger partial charge < -0.3 is 74.1 Å². The van der Waals surface area contributed by atoms with Crippen LogP contribution in [0.2, 0.25) is 0 Å². The molecule has 23 nitrogen and oxygen atoms in total. The van der Waals surface area contributed by atoms with E-state index in [0.717, 1.165) is 118 Å². The summed E-state index contributed by atoms with van der Waals surface area (Å²) in [6, 6.07) is 41.6. The summed E-state index contributed by atoms with van der Waals surface area (Å²) in [5.41, 5.74) is 18.7. The second-order valence-electron chi connectivity index (χ2n) is 27.9. The molecule has 3 amide bonds. The number of carboxylic acids is 1. The van der Waals surface area contributed by atoms with Crippen LogP contribution in [0.3, 0.4) is 0 Å². The maximum atomic E-state index is 12.4. The molecule has 0 saturated heterocycles. The van der Waals surface area contributed by atoms with Gasteiger partial charge in [0, 0.05) is 125 Å². The summed E-state index contributed by atoms with van der Waals surface area (Å²) in [5, 5.41) is 35.3. The van der Waals surface area contributed by atoms with Gasteiger partial charge in [-0.3, -0.25) is 4.79 Å². The van der Waals surface area contributed by atoms with Gasteiger partial charge in [0.2, 0.25) is 0 Å². The molecule has 0 spiro atoms. The molecule has 8 heterocycles. The number of alkyl halides is 2. The van der Waals surface area contributed by atoms with Crippen LogP contribution in [0.1, 0.15) is 152 Å². The third-order valence-corrected chi connectivity index (χ3v) is 17.7. The highest BCUT2D eigenvalue weighted by molar-refractivity contribution is 9.10. The molecular formula is C82H102BBrCl2N12O11. The zero-order chi connectivity index (χ0) is 78.1. The number of carbonyl (C=O) groups excluding carboxylic acids is 3. The Balaban J connectivity index is 0.000000185. The quantitative estimate of drug-likeness (QED) is 0.0371. The van der Waals surface area contributed by atoms with E-state index in [0.29, 0.717) is 42.2 Å². The minimum Gasteiger partial charge on any atom is -0.493 e. The Bertz CT molecular complexity index is 4550. The average molecular weight is 1590 g/mol. The summed E-state index contributed by atoms with van der Waals surface area (Å²) in [6.45, 7) is 21.2. The first-order valence-electron chi connectivity index (χ1n) is 35.8. The standard InChI is InChI=1S/C22H23N3O.C18H23N3O2.C13H15N3.C12H18BNO4.C9H10O4.C6H7BrN2.CH2Cl2.CH4/c1-15-8-9-19(11-16(15)2)22(26)23-13-17-5-3-6-18(12-17)20-14-25-10-4-7-21(25)24-20;1-18(2,3)23-17(22)19-11-13-6-4-7-14(10-13)15-12-21-9-5-8-16(21)20-15;14-8-10-3-1-4-11(7-10)12-9-16-6-2-5-13(16)15-12;1-12(2,3)18-11(15)14-8-9-5-4-6-10(7-9)13(16)17;1-12-7-4-3-6(9(10)11)5-8(7)13-2;7-5-4-9-3-1-2-6(9)8-5;2-1-3;/h3,5-6,8-9,11-12,14H,4,7,10,13H2,1-2H3,(H,23,26);4,6-7,10,12H,5,8-9,11H2,1-3H3,(H,19,22);1,3-4,7,9H,2,5-6,8,14H2;4-7,16-17H,8H2,1-3H3,(H,14,15);3-5H,1-2H3,(H,10,11);4H,1-3H2;1H2;1H4. The monoisotopic (exact) mass is 1590 g/mol. The fourth-order valence-electron chi connectivity index (χ4n) is 11.9. The molecule has 0 atom stereocenters. The molecule has 0 bridgehead atoms. The summed E-state index contributed by atoms with van der Waals surface area (Å²) >= 11 is 12.9. The Morgan fingerprint density at radius 2 is 0.908 bits per heavy atom. The van der Waals surface area contributed by atoms with Crippen molar-refractivity contribution in [3.8, 4) is 45.3 Å². The second-order valence-corrected chi connectivity index (χ2v) is 29.5. The predicted molar refractivity (Wildman–Crippen MR) is 433 cm³/mol. The first-order valence-corrected chi connectivity index (χ1v) is 37.7. The van der Waals surface area contributed by atoms with Crippen molar-refractivity contribution in [1.29, 1.82) is 0 Å². The summed E-state index contributed by atoms with van der Waals surface area (Å²) < 4.78 is 30.1. The van der Waals surface area contributed by atoms with Crippen LogP contribution in [0.25, 0.3) is 33.8 Å². The van der Waals surface area contributed by atoms with Gasteiger partial charge in [0.15, 0.2) is 11.5 Å². The SMILES string of the molecule is Brc1cn2c(n1)CCC2.C.CC(C)(C)OC(=O)NCc1cccc(-c2cn3c(n2)CCC3)c1.CC(C)(C)OC(=O)NCc1cccc(B(O)O)c1.COc1ccc(C(=O)O)cc1OC.Cc1ccc(C(=O)NCc2cccc(-c3cn4c(n3)CCC4)c2)cc1C.ClCCl.NCc1cccc(-c2cn3c(n2)CCC3)c1. The van der Waals surface area contributed by atoms with Crippen LogP contribution < -0.4 is 36.6 Å². The summed E-state index contributed by atoms with van der Waals surface area (Å²) in [7, 11) is 1.45. The Labute approximate surface area is 658 Å². The number of nitrogens with one attached hydrogen (secondary N) is 3. The minimum absolute atomic E-state index is 0. The predicted octanol–water partition coefficient (Wildman–Crippen LogP) is 15.0. The number of aromatic carboxylic acids is 1. The highest BCUT2D eigenvalue weighted by Crippen LogP contribution is 2.29. The fraction of sp³-hybridized carbons (Fsp3) is 0.366. The van der Waals surface area contributed by atoms with Crippen molar-refractivity contribution in [2.75, 3.05) is 19.6 Å². The van der Waals surface area contributed by atoms with Gasteiger partial charge in [-0.2, -0.15) is 0 Å². The van der Waals surface area contributed by atoms with Gasteiger partial charge in [-0.25, -0.2) is 34.3 Å². The molecule has 580 valence electrons. The third-order valence-electron chi connectivity index (χ3n) is 17.3. The zero-order valence-corrected chi connectivity index (χ0v) is 66.1. The van der Waals surface area contributed by atoms with Crippen molar-refractivity contribution in [1.82, 2.24) is 54.2 Å². The molecule has 109 heavy (non-hydrogen) atoms. The van der Waals surface area contributed by atoms with Gasteiger partial charge in [0.1, 0.15) is 39.1 Å². The lowest BCUT2D eigenvalue weighted by molar-refractivity contribution is 0.0512. The number of hydrogen-bond donors (Lipinski definition) is 7. The number of nitrogens with zero attached hydrogens (tertiary/aromatic N) is 8. The highest BCUT2D eigenvalue weighted by Gasteiger charge is 2.21. The van der Waals surface area contributed by atoms with Crippen LogP contribution in [-0.4, -0.2) is 115 Å². The Morgan fingerprint density at radius 1 is 0.514 bits per heavy atom. The number of carboxylic acid groups (broad SMARTS) is 1. The number of amides is 3. The van der Waals surface area contributed by atoms with Crippen LogP contribution in [0.15, 0.2) is 163 Å². The number of benzene rings is 6. The number of imidazole rings is 4. The van der Waals surface area contributed by atoms with Crippen LogP contribution in [0.5, 0.6) is 11.5 Å². The van der Waals surface area contributed by atoms with Crippen LogP contribution in [-0.2, 0) is 87.5 Å². The number of aryl methyl sites for hydroxylation is 10. The fourth-order valence-corrected chi connectivity index (χ4v) is 12.4. The molecule has 4 aromatic heterocycles. The minimum atomic E-state index is -1.51. The topological polar surface area (TPSA) is 299 Å². The number of carbonyl (C=O) groups is 4. The van der Waals surface area contributed by atoms with E-state index >= 15 is 0 Å². The number of fused-ring (bicyclic) bond motifs is 4. The molecule has 27 heteroatoms. The van der Waals surface area contributed by atoms with Crippen molar-refractivity contribution < 1.29 is 53.3 Å². The lowest BCUT2D eigenvalue weighted by Gasteiger charge is -2.19. The van der Waals surface area contributed by atoms with Gasteiger partial charge in [0.05, 0.1) is 42.2 Å². The van der Waals surface area contributed by atoms with Crippen molar-refractivity contribution in [2.24, 2.45) is 5.73 Å². The average Bonchev–Trinajstić information content (AvgIpc) is 1.68. The van der Waals surface area contributed by atoms with Crippen LogP contribution in [0, 0.1) is 13.8 Å². The summed E-state index contributed by atoms with van der Waals surface area (Å²) in [6.07, 6.45) is 16.8. The Kier molecular flexibility index (Phi) is 33.1. The number of aromatic nitrogens is 8. The normalized spacial score (nSPS) is 12.4. The smallest absolute Gasteiger partial charge is 0.488 e. The van der Waals surface area contributed by atoms with E-state index in [-0.39, 0.29) is 30.8 Å². The number of hydrogen-bond acceptors (Lipinski definition) is 15. The van der Waals surface area contributed by atoms with Crippen molar-refractivity contribution in [3.63, 3.8) is 0 Å². The largest absolute Gasteiger partial charge is 0.493 e. The van der Waals surface area contributed by atoms with Crippen molar-refractivity contribution in [2.45, 2.75) is 178 Å². The molecule has 14 rings (SSSR count). The Morgan fingerprint density at radius 3 is 1.30 bits per heavy atom. The van der Waals surface area contributed by atoms with Gasteiger partial charge in [-0.15, -0.1) is 23.2 Å². The maximum Gasteiger partial charge on any atom is 0.488 e. The molecule has 6 aromatic carbocycles. The van der Waals surface area contributed by atoms with E-state index in [4.69, 9.17) is 73.0 Å².